The summed E-state index contributed by atoms with van der Waals surface area (Å²) in [7, 11) is 0. The molecule has 1 aromatic rings. The van der Waals surface area contributed by atoms with Crippen molar-refractivity contribution in [2.75, 3.05) is 6.54 Å². The first-order valence-corrected chi connectivity index (χ1v) is 7.00. The molecule has 1 heterocycles. The molecule has 108 valence electrons. The summed E-state index contributed by atoms with van der Waals surface area (Å²) in [5, 5.41) is 8.98. The van der Waals surface area contributed by atoms with Gasteiger partial charge in [-0.2, -0.15) is 0 Å². The number of carboxylic acids is 1. The van der Waals surface area contributed by atoms with Crippen LogP contribution in [-0.2, 0) is 9.59 Å². The number of carboxylic acid groups (broad SMARTS) is 1. The molecule has 0 aromatic heterocycles. The molecular weight excluding hydrogens is 254 g/mol. The number of nitrogens with zero attached hydrogens (tertiary/aromatic N) is 1. The molecule has 4 heteroatoms. The maximum Gasteiger partial charge on any atom is 0.315 e. The zero-order chi connectivity index (χ0) is 14.9. The molecule has 0 saturated carbocycles. The number of aryl methyl sites for hydroxylation is 1. The van der Waals surface area contributed by atoms with Gasteiger partial charge in [0.2, 0.25) is 5.91 Å². The van der Waals surface area contributed by atoms with Crippen LogP contribution in [-0.4, -0.2) is 34.5 Å². The van der Waals surface area contributed by atoms with E-state index >= 15 is 0 Å². The van der Waals surface area contributed by atoms with Crippen LogP contribution in [0.25, 0.3) is 0 Å². The van der Waals surface area contributed by atoms with E-state index in [2.05, 4.69) is 19.1 Å². The van der Waals surface area contributed by atoms with Crippen LogP contribution in [0.1, 0.15) is 37.3 Å². The van der Waals surface area contributed by atoms with Crippen LogP contribution in [0.15, 0.2) is 24.3 Å². The van der Waals surface area contributed by atoms with Crippen molar-refractivity contribution in [3.05, 3.63) is 35.4 Å². The summed E-state index contributed by atoms with van der Waals surface area (Å²) < 4.78 is 0. The normalized spacial score (nSPS) is 23.6. The van der Waals surface area contributed by atoms with Crippen LogP contribution in [0, 0.1) is 12.8 Å². The molecule has 2 rings (SSSR count). The Hall–Kier alpha value is -1.84. The van der Waals surface area contributed by atoms with E-state index in [4.69, 9.17) is 5.11 Å². The third-order valence-corrected chi connectivity index (χ3v) is 4.23. The molecular formula is C16H21NO3. The molecule has 1 N–H and O–H groups in total. The fourth-order valence-electron chi connectivity index (χ4n) is 2.96. The number of hydrogen-bond donors (Lipinski definition) is 1. The fraction of sp³-hybridized carbons (Fsp3) is 0.500. The zero-order valence-corrected chi connectivity index (χ0v) is 12.2. The molecule has 0 aliphatic carbocycles. The van der Waals surface area contributed by atoms with E-state index in [1.165, 1.54) is 18.1 Å². The molecule has 20 heavy (non-hydrogen) atoms. The highest BCUT2D eigenvalue weighted by Gasteiger charge is 2.37. The summed E-state index contributed by atoms with van der Waals surface area (Å²) in [6.45, 7) is 6.13. The molecule has 0 spiro atoms. The highest BCUT2D eigenvalue weighted by Crippen LogP contribution is 2.33. The molecule has 1 aromatic carbocycles. The van der Waals surface area contributed by atoms with Gasteiger partial charge in [0.25, 0.3) is 0 Å². The van der Waals surface area contributed by atoms with E-state index < -0.39 is 11.9 Å². The Balaban J connectivity index is 2.15. The van der Waals surface area contributed by atoms with Crippen molar-refractivity contribution in [3.8, 4) is 0 Å². The third-order valence-electron chi connectivity index (χ3n) is 4.23. The molecule has 3 unspecified atom stereocenters. The molecule has 1 fully saturated rings. The van der Waals surface area contributed by atoms with Crippen molar-refractivity contribution < 1.29 is 14.7 Å². The van der Waals surface area contributed by atoms with Crippen molar-refractivity contribution in [1.82, 2.24) is 4.90 Å². The van der Waals surface area contributed by atoms with Crippen molar-refractivity contribution in [2.24, 2.45) is 5.92 Å². The van der Waals surface area contributed by atoms with Gasteiger partial charge in [-0.25, -0.2) is 0 Å². The number of rotatable bonds is 3. The van der Waals surface area contributed by atoms with Gasteiger partial charge in [-0.05, 0) is 38.3 Å². The van der Waals surface area contributed by atoms with E-state index in [0.717, 1.165) is 6.42 Å². The second kappa shape index (κ2) is 5.65. The summed E-state index contributed by atoms with van der Waals surface area (Å²) in [4.78, 5) is 24.9. The van der Waals surface area contributed by atoms with Crippen LogP contribution in [0.3, 0.4) is 0 Å². The first kappa shape index (κ1) is 14.6. The number of benzene rings is 1. The standard InChI is InChI=1S/C16H21NO3/c1-10-6-4-5-7-14(10)13-8-11(2)17(9-13)15(18)12(3)16(19)20/h4-7,11-13H,8-9H2,1-3H3,(H,19,20). The van der Waals surface area contributed by atoms with Crippen LogP contribution >= 0.6 is 0 Å². The lowest BCUT2D eigenvalue weighted by Gasteiger charge is -2.23. The maximum absolute atomic E-state index is 12.2. The predicted octanol–water partition coefficient (Wildman–Crippen LogP) is 2.42. The second-order valence-electron chi connectivity index (χ2n) is 5.69. The predicted molar refractivity (Wildman–Crippen MR) is 76.5 cm³/mol. The minimum absolute atomic E-state index is 0.0916. The Morgan fingerprint density at radius 2 is 2.00 bits per heavy atom. The first-order valence-electron chi connectivity index (χ1n) is 7.00. The molecule has 1 aliphatic heterocycles. The maximum atomic E-state index is 12.2. The van der Waals surface area contributed by atoms with Gasteiger partial charge in [0.1, 0.15) is 5.92 Å². The van der Waals surface area contributed by atoms with Gasteiger partial charge in [0, 0.05) is 18.5 Å². The van der Waals surface area contributed by atoms with Crippen molar-refractivity contribution in [3.63, 3.8) is 0 Å². The Kier molecular flexibility index (Phi) is 4.12. The van der Waals surface area contributed by atoms with Gasteiger partial charge in [-0.3, -0.25) is 9.59 Å². The van der Waals surface area contributed by atoms with E-state index in [-0.39, 0.29) is 11.9 Å². The monoisotopic (exact) mass is 275 g/mol. The van der Waals surface area contributed by atoms with Crippen LogP contribution in [0.2, 0.25) is 0 Å². The molecule has 4 nitrogen and oxygen atoms in total. The lowest BCUT2D eigenvalue weighted by atomic mass is 9.93. The Morgan fingerprint density at radius 3 is 2.60 bits per heavy atom. The van der Waals surface area contributed by atoms with Crippen molar-refractivity contribution in [1.29, 1.82) is 0 Å². The Labute approximate surface area is 119 Å². The van der Waals surface area contributed by atoms with Gasteiger partial charge in [0.05, 0.1) is 0 Å². The van der Waals surface area contributed by atoms with E-state index in [0.29, 0.717) is 12.5 Å². The number of amides is 1. The minimum Gasteiger partial charge on any atom is -0.481 e. The fourth-order valence-corrected chi connectivity index (χ4v) is 2.96. The summed E-state index contributed by atoms with van der Waals surface area (Å²) in [5.74, 6) is -1.99. The van der Waals surface area contributed by atoms with Gasteiger partial charge < -0.3 is 10.0 Å². The van der Waals surface area contributed by atoms with E-state index in [1.54, 1.807) is 4.90 Å². The lowest BCUT2D eigenvalue weighted by molar-refractivity contribution is -0.150. The molecule has 1 amide bonds. The van der Waals surface area contributed by atoms with E-state index in [1.807, 2.05) is 19.1 Å². The average Bonchev–Trinajstić information content (AvgIpc) is 2.79. The molecule has 1 aliphatic rings. The summed E-state index contributed by atoms with van der Waals surface area (Å²) >= 11 is 0. The lowest BCUT2D eigenvalue weighted by Crippen LogP contribution is -2.40. The van der Waals surface area contributed by atoms with Crippen LogP contribution in [0.4, 0.5) is 0 Å². The second-order valence-corrected chi connectivity index (χ2v) is 5.69. The Bertz CT molecular complexity index is 526. The third kappa shape index (κ3) is 2.69. The van der Waals surface area contributed by atoms with Gasteiger partial charge >= 0.3 is 5.97 Å². The summed E-state index contributed by atoms with van der Waals surface area (Å²) in [6, 6.07) is 8.28. The SMILES string of the molecule is Cc1ccccc1C1CC(C)N(C(=O)C(C)C(=O)O)C1. The highest BCUT2D eigenvalue weighted by molar-refractivity contribution is 5.96. The summed E-state index contributed by atoms with van der Waals surface area (Å²) in [6.07, 6.45) is 0.892. The number of hydrogen-bond acceptors (Lipinski definition) is 2. The van der Waals surface area contributed by atoms with Gasteiger partial charge in [-0.15, -0.1) is 0 Å². The molecule has 3 atom stereocenters. The van der Waals surface area contributed by atoms with Crippen molar-refractivity contribution >= 4 is 11.9 Å². The highest BCUT2D eigenvalue weighted by atomic mass is 16.4. The van der Waals surface area contributed by atoms with Gasteiger partial charge in [0.15, 0.2) is 0 Å². The molecule has 0 bridgehead atoms. The van der Waals surface area contributed by atoms with Crippen molar-refractivity contribution in [2.45, 2.75) is 39.2 Å². The smallest absolute Gasteiger partial charge is 0.315 e. The average molecular weight is 275 g/mol. The number of likely N-dealkylation sites (tertiary alicyclic amines) is 1. The Morgan fingerprint density at radius 1 is 1.35 bits per heavy atom. The number of carbonyl (C=O) groups is 2. The number of carbonyl (C=O) groups excluding carboxylic acids is 1. The minimum atomic E-state index is -1.05. The first-order chi connectivity index (χ1) is 9.41. The molecule has 1 saturated heterocycles. The van der Waals surface area contributed by atoms with Crippen LogP contribution in [0.5, 0.6) is 0 Å². The number of aliphatic carboxylic acids is 1. The largest absolute Gasteiger partial charge is 0.481 e. The summed E-state index contributed by atoms with van der Waals surface area (Å²) in [5.41, 5.74) is 2.49. The zero-order valence-electron chi connectivity index (χ0n) is 12.2. The quantitative estimate of drug-likeness (QED) is 0.862. The molecule has 0 radical (unpaired) electrons. The topological polar surface area (TPSA) is 57.6 Å². The van der Waals surface area contributed by atoms with E-state index in [9.17, 15) is 9.59 Å². The van der Waals surface area contributed by atoms with Crippen LogP contribution < -0.4 is 0 Å². The van der Waals surface area contributed by atoms with Gasteiger partial charge in [-0.1, -0.05) is 24.3 Å².